The highest BCUT2D eigenvalue weighted by Gasteiger charge is 2.15. The summed E-state index contributed by atoms with van der Waals surface area (Å²) < 4.78 is 31.1. The van der Waals surface area contributed by atoms with Gasteiger partial charge in [-0.15, -0.1) is 0 Å². The molecular formula is C22H24ClFN4O4. The van der Waals surface area contributed by atoms with Gasteiger partial charge in [0.25, 0.3) is 0 Å². The molecule has 0 aliphatic carbocycles. The summed E-state index contributed by atoms with van der Waals surface area (Å²) in [6.45, 7) is 4.90. The number of aromatic nitrogens is 2. The average molecular weight is 463 g/mol. The number of anilines is 2. The van der Waals surface area contributed by atoms with Crippen LogP contribution in [0.2, 0.25) is 5.02 Å². The number of hydrogen-bond donors (Lipinski definition) is 2. The lowest BCUT2D eigenvalue weighted by atomic mass is 10.2. The van der Waals surface area contributed by atoms with Crippen LogP contribution in [0, 0.1) is 5.82 Å². The molecule has 1 aromatic heterocycles. The monoisotopic (exact) mass is 462 g/mol. The Bertz CT molecular complexity index is 1100. The fourth-order valence-electron chi connectivity index (χ4n) is 3.49. The third kappa shape index (κ3) is 5.12. The third-order valence-corrected chi connectivity index (χ3v) is 5.49. The molecule has 8 nitrogen and oxygen atoms in total. The third-order valence-electron chi connectivity index (χ3n) is 5.19. The van der Waals surface area contributed by atoms with E-state index in [1.165, 1.54) is 12.4 Å². The summed E-state index contributed by atoms with van der Waals surface area (Å²) in [5, 5.41) is 13.2. The molecule has 1 fully saturated rings. The molecule has 10 heteroatoms. The lowest BCUT2D eigenvalue weighted by Gasteiger charge is -2.26. The van der Waals surface area contributed by atoms with E-state index in [1.807, 2.05) is 0 Å². The van der Waals surface area contributed by atoms with Crippen LogP contribution in [0.1, 0.15) is 6.42 Å². The van der Waals surface area contributed by atoms with Crippen molar-refractivity contribution in [3.05, 3.63) is 41.4 Å². The molecule has 0 radical (unpaired) electrons. The Hall–Kier alpha value is -2.88. The van der Waals surface area contributed by atoms with Gasteiger partial charge in [-0.3, -0.25) is 4.90 Å². The summed E-state index contributed by atoms with van der Waals surface area (Å²) >= 11 is 5.76. The standard InChI is InChI=1S/C22H24ClFN4O4/c1-30-20-9-14-17(12-21(20)32-6-2-3-28-4-7-31-8-5-28)25-13-26-22(14)27-18-11-19(29)15(23)10-16(18)24/h9-13,29H,2-8H2,1H3,(H,25,26,27). The second kappa shape index (κ2) is 10.2. The van der Waals surface area contributed by atoms with Gasteiger partial charge in [0.15, 0.2) is 11.5 Å². The first-order chi connectivity index (χ1) is 15.5. The first-order valence-electron chi connectivity index (χ1n) is 10.3. The van der Waals surface area contributed by atoms with Crippen molar-refractivity contribution in [3.63, 3.8) is 0 Å². The van der Waals surface area contributed by atoms with E-state index in [4.69, 9.17) is 25.8 Å². The first-order valence-corrected chi connectivity index (χ1v) is 10.6. The molecule has 1 saturated heterocycles. The Labute approximate surface area is 189 Å². The maximum atomic E-state index is 14.3. The Morgan fingerprint density at radius 1 is 1.19 bits per heavy atom. The minimum Gasteiger partial charge on any atom is -0.506 e. The second-order valence-electron chi connectivity index (χ2n) is 7.31. The van der Waals surface area contributed by atoms with Gasteiger partial charge in [-0.2, -0.15) is 0 Å². The highest BCUT2D eigenvalue weighted by Crippen LogP contribution is 2.36. The van der Waals surface area contributed by atoms with Crippen LogP contribution in [0.15, 0.2) is 30.6 Å². The summed E-state index contributed by atoms with van der Waals surface area (Å²) in [6.07, 6.45) is 2.24. The zero-order valence-corrected chi connectivity index (χ0v) is 18.4. The minimum atomic E-state index is -0.619. The molecule has 0 unspecified atom stereocenters. The van der Waals surface area contributed by atoms with Crippen molar-refractivity contribution in [2.24, 2.45) is 0 Å². The van der Waals surface area contributed by atoms with Crippen molar-refractivity contribution in [3.8, 4) is 17.2 Å². The van der Waals surface area contributed by atoms with Gasteiger partial charge in [0.05, 0.1) is 43.2 Å². The Morgan fingerprint density at radius 3 is 2.78 bits per heavy atom. The fourth-order valence-corrected chi connectivity index (χ4v) is 3.64. The molecule has 3 aromatic rings. The van der Waals surface area contributed by atoms with E-state index in [9.17, 15) is 9.50 Å². The topological polar surface area (TPSA) is 89.0 Å². The van der Waals surface area contributed by atoms with E-state index in [2.05, 4.69) is 20.2 Å². The number of nitrogens with zero attached hydrogens (tertiary/aromatic N) is 3. The van der Waals surface area contributed by atoms with Crippen LogP contribution in [0.5, 0.6) is 17.2 Å². The van der Waals surface area contributed by atoms with Crippen LogP contribution in [0.4, 0.5) is 15.9 Å². The number of phenolic OH excluding ortho intramolecular Hbond substituents is 1. The molecule has 0 atom stereocenters. The highest BCUT2D eigenvalue weighted by molar-refractivity contribution is 6.32. The Balaban J connectivity index is 1.51. The number of morpholine rings is 1. The number of hydrogen-bond acceptors (Lipinski definition) is 8. The maximum absolute atomic E-state index is 14.3. The average Bonchev–Trinajstić information content (AvgIpc) is 2.80. The summed E-state index contributed by atoms with van der Waals surface area (Å²) in [6, 6.07) is 5.74. The van der Waals surface area contributed by atoms with E-state index >= 15 is 0 Å². The molecule has 2 N–H and O–H groups in total. The van der Waals surface area contributed by atoms with E-state index in [0.717, 1.165) is 45.3 Å². The Morgan fingerprint density at radius 2 is 2.00 bits per heavy atom. The smallest absolute Gasteiger partial charge is 0.163 e. The van der Waals surface area contributed by atoms with Crippen LogP contribution in [-0.4, -0.2) is 66.5 Å². The van der Waals surface area contributed by atoms with Gasteiger partial charge < -0.3 is 24.6 Å². The van der Waals surface area contributed by atoms with Crippen LogP contribution in [0.25, 0.3) is 10.9 Å². The zero-order chi connectivity index (χ0) is 22.5. The van der Waals surface area contributed by atoms with Gasteiger partial charge in [-0.25, -0.2) is 14.4 Å². The molecule has 2 heterocycles. The number of aromatic hydroxyl groups is 1. The number of benzene rings is 2. The molecule has 0 saturated carbocycles. The van der Waals surface area contributed by atoms with Crippen LogP contribution < -0.4 is 14.8 Å². The lowest BCUT2D eigenvalue weighted by Crippen LogP contribution is -2.37. The van der Waals surface area contributed by atoms with Crippen molar-refractivity contribution in [2.45, 2.75) is 6.42 Å². The zero-order valence-electron chi connectivity index (χ0n) is 17.6. The number of methoxy groups -OCH3 is 1. The van der Waals surface area contributed by atoms with Crippen molar-refractivity contribution in [2.75, 3.05) is 51.9 Å². The van der Waals surface area contributed by atoms with E-state index < -0.39 is 5.82 Å². The number of fused-ring (bicyclic) bond motifs is 1. The van der Waals surface area contributed by atoms with Gasteiger partial charge in [-0.1, -0.05) is 11.6 Å². The van der Waals surface area contributed by atoms with Crippen molar-refractivity contribution < 1.29 is 23.7 Å². The molecule has 0 spiro atoms. The minimum absolute atomic E-state index is 0.0364. The molecule has 170 valence electrons. The van der Waals surface area contributed by atoms with Gasteiger partial charge in [0, 0.05) is 37.2 Å². The molecule has 1 aliphatic heterocycles. The molecule has 32 heavy (non-hydrogen) atoms. The number of rotatable bonds is 8. The summed E-state index contributed by atoms with van der Waals surface area (Å²) in [5.74, 6) is 0.585. The lowest BCUT2D eigenvalue weighted by molar-refractivity contribution is 0.0357. The van der Waals surface area contributed by atoms with Gasteiger partial charge in [0.2, 0.25) is 0 Å². The molecule has 0 bridgehead atoms. The molecule has 1 aliphatic rings. The summed E-state index contributed by atoms with van der Waals surface area (Å²) in [7, 11) is 1.55. The normalized spacial score (nSPS) is 14.5. The number of ether oxygens (including phenoxy) is 3. The number of nitrogens with one attached hydrogen (secondary N) is 1. The predicted octanol–water partition coefficient (Wildman–Crippen LogP) is 3.98. The highest BCUT2D eigenvalue weighted by atomic mass is 35.5. The SMILES string of the molecule is COc1cc2c(Nc3cc(O)c(Cl)cc3F)ncnc2cc1OCCCN1CCOCC1. The molecule has 0 amide bonds. The molecule has 2 aromatic carbocycles. The predicted molar refractivity (Wildman–Crippen MR) is 120 cm³/mol. The van der Waals surface area contributed by atoms with Crippen molar-refractivity contribution >= 4 is 34.0 Å². The maximum Gasteiger partial charge on any atom is 0.163 e. The van der Waals surface area contributed by atoms with E-state index in [-0.39, 0.29) is 16.5 Å². The number of phenols is 1. The molecule has 4 rings (SSSR count). The Kier molecular flexibility index (Phi) is 7.09. The first kappa shape index (κ1) is 22.3. The van der Waals surface area contributed by atoms with E-state index in [1.54, 1.807) is 19.2 Å². The fraction of sp³-hybridized carbons (Fsp3) is 0.364. The summed E-state index contributed by atoms with van der Waals surface area (Å²) in [5.41, 5.74) is 0.638. The van der Waals surface area contributed by atoms with Crippen LogP contribution >= 0.6 is 11.6 Å². The van der Waals surface area contributed by atoms with Crippen LogP contribution in [-0.2, 0) is 4.74 Å². The largest absolute Gasteiger partial charge is 0.506 e. The second-order valence-corrected chi connectivity index (χ2v) is 7.71. The summed E-state index contributed by atoms with van der Waals surface area (Å²) in [4.78, 5) is 10.9. The number of halogens is 2. The van der Waals surface area contributed by atoms with Crippen LogP contribution in [0.3, 0.4) is 0 Å². The van der Waals surface area contributed by atoms with Gasteiger partial charge in [-0.05, 0) is 18.6 Å². The van der Waals surface area contributed by atoms with Gasteiger partial charge >= 0.3 is 0 Å². The van der Waals surface area contributed by atoms with Gasteiger partial charge in [0.1, 0.15) is 23.7 Å². The molecular weight excluding hydrogens is 439 g/mol. The quantitative estimate of drug-likeness (QED) is 0.486. The van der Waals surface area contributed by atoms with E-state index in [0.29, 0.717) is 34.8 Å². The van der Waals surface area contributed by atoms with Crippen molar-refractivity contribution in [1.82, 2.24) is 14.9 Å². The van der Waals surface area contributed by atoms with Crippen molar-refractivity contribution in [1.29, 1.82) is 0 Å².